The van der Waals surface area contributed by atoms with Crippen LogP contribution in [0.2, 0.25) is 0 Å². The Labute approximate surface area is 170 Å². The molecule has 0 saturated heterocycles. The molecule has 0 aliphatic heterocycles. The number of nitriles is 1. The van der Waals surface area contributed by atoms with E-state index in [4.69, 9.17) is 15.2 Å². The standard InChI is InChI=1S/C18H19F3N6O3/c1-3-30-16-12(8-22)14(26-17(23)27-16)25-13(9-29-2)15(28)24-11-6-4-5-10(7-11)18(19,20)21/h4-7,13H,3,9H2,1-2H3,(H,24,28)(H3,23,25,26,27)/t13-/m0/s1. The summed E-state index contributed by atoms with van der Waals surface area (Å²) in [7, 11) is 1.33. The van der Waals surface area contributed by atoms with Gasteiger partial charge in [0, 0.05) is 12.8 Å². The highest BCUT2D eigenvalue weighted by Crippen LogP contribution is 2.30. The van der Waals surface area contributed by atoms with Gasteiger partial charge >= 0.3 is 6.18 Å². The Morgan fingerprint density at radius 1 is 1.37 bits per heavy atom. The van der Waals surface area contributed by atoms with Crippen molar-refractivity contribution in [2.24, 2.45) is 0 Å². The quantitative estimate of drug-likeness (QED) is 0.588. The van der Waals surface area contributed by atoms with E-state index in [1.807, 2.05) is 6.07 Å². The first-order valence-corrected chi connectivity index (χ1v) is 8.63. The molecule has 0 bridgehead atoms. The number of aromatic nitrogens is 2. The second-order valence-electron chi connectivity index (χ2n) is 5.88. The molecule has 160 valence electrons. The maximum atomic E-state index is 12.9. The molecule has 0 saturated carbocycles. The van der Waals surface area contributed by atoms with Gasteiger partial charge in [-0.25, -0.2) is 0 Å². The third-order valence-corrected chi connectivity index (χ3v) is 3.70. The van der Waals surface area contributed by atoms with E-state index in [9.17, 15) is 23.2 Å². The summed E-state index contributed by atoms with van der Waals surface area (Å²) >= 11 is 0. The van der Waals surface area contributed by atoms with Crippen LogP contribution in [0, 0.1) is 11.3 Å². The normalized spacial score (nSPS) is 12.0. The van der Waals surface area contributed by atoms with Gasteiger partial charge < -0.3 is 25.8 Å². The third-order valence-electron chi connectivity index (χ3n) is 3.70. The van der Waals surface area contributed by atoms with Crippen LogP contribution in [-0.4, -0.2) is 42.2 Å². The zero-order valence-electron chi connectivity index (χ0n) is 16.1. The van der Waals surface area contributed by atoms with Gasteiger partial charge in [-0.05, 0) is 25.1 Å². The van der Waals surface area contributed by atoms with Gasteiger partial charge in [0.15, 0.2) is 11.4 Å². The molecule has 1 heterocycles. The Morgan fingerprint density at radius 3 is 2.70 bits per heavy atom. The number of alkyl halides is 3. The van der Waals surface area contributed by atoms with E-state index >= 15 is 0 Å². The number of ether oxygens (including phenoxy) is 2. The van der Waals surface area contributed by atoms with Gasteiger partial charge in [0.2, 0.25) is 17.7 Å². The van der Waals surface area contributed by atoms with Crippen molar-refractivity contribution in [3.63, 3.8) is 0 Å². The van der Waals surface area contributed by atoms with Crippen LogP contribution >= 0.6 is 0 Å². The summed E-state index contributed by atoms with van der Waals surface area (Å²) in [6.45, 7) is 1.72. The summed E-state index contributed by atoms with van der Waals surface area (Å²) < 4.78 is 48.9. The minimum atomic E-state index is -4.55. The van der Waals surface area contributed by atoms with E-state index in [2.05, 4.69) is 20.6 Å². The summed E-state index contributed by atoms with van der Waals surface area (Å²) in [5, 5.41) is 14.5. The van der Waals surface area contributed by atoms with E-state index in [0.29, 0.717) is 0 Å². The average molecular weight is 424 g/mol. The fraction of sp³-hybridized carbons (Fsp3) is 0.333. The molecule has 2 aromatic rings. The molecule has 9 nitrogen and oxygen atoms in total. The van der Waals surface area contributed by atoms with Gasteiger partial charge in [0.1, 0.15) is 12.1 Å². The molecule has 1 aromatic carbocycles. The number of nitrogens with two attached hydrogens (primary N) is 1. The molecule has 1 aromatic heterocycles. The number of halogens is 3. The van der Waals surface area contributed by atoms with Crippen molar-refractivity contribution in [1.29, 1.82) is 5.26 Å². The molecule has 1 atom stereocenters. The lowest BCUT2D eigenvalue weighted by Crippen LogP contribution is -2.39. The van der Waals surface area contributed by atoms with E-state index in [0.717, 1.165) is 12.1 Å². The summed E-state index contributed by atoms with van der Waals surface area (Å²) in [5.41, 5.74) is 4.58. The van der Waals surface area contributed by atoms with Crippen LogP contribution in [0.15, 0.2) is 24.3 Å². The van der Waals surface area contributed by atoms with Crippen LogP contribution in [-0.2, 0) is 15.7 Å². The first-order chi connectivity index (χ1) is 14.2. The van der Waals surface area contributed by atoms with Crippen molar-refractivity contribution >= 4 is 23.4 Å². The summed E-state index contributed by atoms with van der Waals surface area (Å²) in [6, 6.07) is 4.94. The zero-order chi connectivity index (χ0) is 22.3. The van der Waals surface area contributed by atoms with Crippen LogP contribution in [0.25, 0.3) is 0 Å². The van der Waals surface area contributed by atoms with E-state index in [1.165, 1.54) is 19.2 Å². The van der Waals surface area contributed by atoms with Crippen LogP contribution in [0.5, 0.6) is 5.88 Å². The van der Waals surface area contributed by atoms with Crippen molar-refractivity contribution in [2.75, 3.05) is 36.7 Å². The molecule has 0 spiro atoms. The molecule has 4 N–H and O–H groups in total. The van der Waals surface area contributed by atoms with Gasteiger partial charge in [-0.1, -0.05) is 6.07 Å². The number of rotatable bonds is 8. The number of anilines is 3. The maximum absolute atomic E-state index is 12.9. The van der Waals surface area contributed by atoms with Gasteiger partial charge in [0.25, 0.3) is 0 Å². The molecule has 12 heteroatoms. The molecule has 30 heavy (non-hydrogen) atoms. The summed E-state index contributed by atoms with van der Waals surface area (Å²) in [5.74, 6) is -1.05. The molecular weight excluding hydrogens is 405 g/mol. The van der Waals surface area contributed by atoms with Crippen molar-refractivity contribution in [1.82, 2.24) is 9.97 Å². The number of hydrogen-bond acceptors (Lipinski definition) is 8. The molecule has 1 amide bonds. The summed E-state index contributed by atoms with van der Waals surface area (Å²) in [4.78, 5) is 20.4. The number of nitrogens with one attached hydrogen (secondary N) is 2. The number of carbonyl (C=O) groups is 1. The predicted octanol–water partition coefficient (Wildman–Crippen LogP) is 2.41. The average Bonchev–Trinajstić information content (AvgIpc) is 2.67. The van der Waals surface area contributed by atoms with Crippen molar-refractivity contribution in [3.8, 4) is 11.9 Å². The lowest BCUT2D eigenvalue weighted by Gasteiger charge is -2.20. The van der Waals surface area contributed by atoms with Crippen molar-refractivity contribution < 1.29 is 27.4 Å². The number of methoxy groups -OCH3 is 1. The predicted molar refractivity (Wildman–Crippen MR) is 102 cm³/mol. The maximum Gasteiger partial charge on any atom is 0.416 e. The Kier molecular flexibility index (Phi) is 7.38. The monoisotopic (exact) mass is 424 g/mol. The van der Waals surface area contributed by atoms with Crippen LogP contribution in [0.4, 0.5) is 30.6 Å². The van der Waals surface area contributed by atoms with E-state index in [1.54, 1.807) is 6.92 Å². The Balaban J connectivity index is 2.29. The fourth-order valence-electron chi connectivity index (χ4n) is 2.42. The molecular formula is C18H19F3N6O3. The highest BCUT2D eigenvalue weighted by atomic mass is 19.4. The number of hydrogen-bond donors (Lipinski definition) is 3. The molecule has 0 unspecified atom stereocenters. The first-order valence-electron chi connectivity index (χ1n) is 8.63. The Hall–Kier alpha value is -3.59. The number of amides is 1. The lowest BCUT2D eigenvalue weighted by molar-refractivity contribution is -0.137. The third kappa shape index (κ3) is 5.71. The van der Waals surface area contributed by atoms with E-state index < -0.39 is 23.7 Å². The molecule has 0 aliphatic carbocycles. The Bertz CT molecular complexity index is 946. The topological polar surface area (TPSA) is 135 Å². The molecule has 0 aliphatic rings. The van der Waals surface area contributed by atoms with Crippen molar-refractivity contribution in [3.05, 3.63) is 35.4 Å². The smallest absolute Gasteiger partial charge is 0.416 e. The molecule has 0 fully saturated rings. The minimum absolute atomic E-state index is 0.0598. The largest absolute Gasteiger partial charge is 0.477 e. The van der Waals surface area contributed by atoms with Crippen LogP contribution in [0.3, 0.4) is 0 Å². The summed E-state index contributed by atoms with van der Waals surface area (Å²) in [6.07, 6.45) is -4.55. The number of carbonyl (C=O) groups excluding carboxylic acids is 1. The van der Waals surface area contributed by atoms with Gasteiger partial charge in [-0.2, -0.15) is 28.4 Å². The van der Waals surface area contributed by atoms with Crippen LogP contribution in [0.1, 0.15) is 18.1 Å². The number of benzene rings is 1. The fourth-order valence-corrected chi connectivity index (χ4v) is 2.42. The van der Waals surface area contributed by atoms with Gasteiger partial charge in [-0.3, -0.25) is 4.79 Å². The molecule has 2 rings (SSSR count). The number of nitrogen functional groups attached to an aromatic ring is 1. The zero-order valence-corrected chi connectivity index (χ0v) is 16.1. The SMILES string of the molecule is CCOc1nc(N)nc(N[C@@H](COC)C(=O)Nc2cccc(C(F)(F)F)c2)c1C#N. The van der Waals surface area contributed by atoms with Gasteiger partial charge in [0.05, 0.1) is 18.8 Å². The van der Waals surface area contributed by atoms with Gasteiger partial charge in [-0.15, -0.1) is 0 Å². The van der Waals surface area contributed by atoms with Crippen molar-refractivity contribution in [2.45, 2.75) is 19.1 Å². The molecule has 0 radical (unpaired) electrons. The second-order valence-corrected chi connectivity index (χ2v) is 5.88. The minimum Gasteiger partial charge on any atom is -0.477 e. The van der Waals surface area contributed by atoms with E-state index in [-0.39, 0.29) is 42.1 Å². The van der Waals surface area contributed by atoms with Crippen LogP contribution < -0.4 is 21.1 Å². The Morgan fingerprint density at radius 2 is 2.10 bits per heavy atom. The highest BCUT2D eigenvalue weighted by Gasteiger charge is 2.31. The second kappa shape index (κ2) is 9.75. The first kappa shape index (κ1) is 22.7. The number of nitrogens with zero attached hydrogens (tertiary/aromatic N) is 3. The highest BCUT2D eigenvalue weighted by molar-refractivity contribution is 5.96. The lowest BCUT2D eigenvalue weighted by atomic mass is 10.2.